The largest absolute Gasteiger partial charge is 0.313 e. The maximum Gasteiger partial charge on any atom is 0.0795 e. The number of nitrogens with one attached hydrogen (secondary N) is 1. The minimum absolute atomic E-state index is 0.417. The van der Waals surface area contributed by atoms with Gasteiger partial charge in [0.25, 0.3) is 0 Å². The first kappa shape index (κ1) is 15.9. The normalized spacial score (nSPS) is 26.1. The molecule has 0 saturated heterocycles. The third kappa shape index (κ3) is 4.03. The van der Waals surface area contributed by atoms with E-state index in [0.717, 1.165) is 19.0 Å². The van der Waals surface area contributed by atoms with Crippen molar-refractivity contribution in [3.8, 4) is 0 Å². The predicted molar refractivity (Wildman–Crippen MR) is 87.0 cm³/mol. The van der Waals surface area contributed by atoms with Gasteiger partial charge in [0.15, 0.2) is 0 Å². The average molecular weight is 295 g/mol. The van der Waals surface area contributed by atoms with Crippen LogP contribution in [0, 0.1) is 11.3 Å². The molecule has 1 heterocycles. The summed E-state index contributed by atoms with van der Waals surface area (Å²) in [5, 5.41) is 5.90. The molecular formula is C16H29N3S. The fraction of sp³-hybridized carbons (Fsp3) is 0.812. The molecule has 1 N–H and O–H groups in total. The van der Waals surface area contributed by atoms with E-state index in [1.54, 1.807) is 11.3 Å². The lowest BCUT2D eigenvalue weighted by Crippen LogP contribution is -2.52. The number of aromatic nitrogens is 1. The maximum absolute atomic E-state index is 4.39. The highest BCUT2D eigenvalue weighted by Crippen LogP contribution is 2.39. The smallest absolute Gasteiger partial charge is 0.0795 e. The Hall–Kier alpha value is -0.450. The molecule has 3 nitrogen and oxygen atoms in total. The topological polar surface area (TPSA) is 28.2 Å². The Labute approximate surface area is 127 Å². The van der Waals surface area contributed by atoms with Gasteiger partial charge in [0.2, 0.25) is 0 Å². The molecule has 1 aromatic rings. The van der Waals surface area contributed by atoms with Crippen molar-refractivity contribution in [2.24, 2.45) is 11.3 Å². The van der Waals surface area contributed by atoms with Gasteiger partial charge in [-0.3, -0.25) is 0 Å². The SMILES string of the molecule is CCNC1C(CN(C)Cc2cscn2)CCCC1(C)C. The van der Waals surface area contributed by atoms with Gasteiger partial charge >= 0.3 is 0 Å². The summed E-state index contributed by atoms with van der Waals surface area (Å²) in [6.45, 7) is 10.3. The number of thiazole rings is 1. The summed E-state index contributed by atoms with van der Waals surface area (Å²) in [5.74, 6) is 0.752. The van der Waals surface area contributed by atoms with Gasteiger partial charge < -0.3 is 10.2 Å². The highest BCUT2D eigenvalue weighted by molar-refractivity contribution is 7.07. The number of hydrogen-bond donors (Lipinski definition) is 1. The van der Waals surface area contributed by atoms with Crippen LogP contribution in [0.2, 0.25) is 0 Å². The van der Waals surface area contributed by atoms with E-state index in [0.29, 0.717) is 11.5 Å². The van der Waals surface area contributed by atoms with E-state index in [-0.39, 0.29) is 0 Å². The number of nitrogens with zero attached hydrogens (tertiary/aromatic N) is 2. The van der Waals surface area contributed by atoms with Crippen LogP contribution in [0.4, 0.5) is 0 Å². The van der Waals surface area contributed by atoms with Crippen LogP contribution in [0.25, 0.3) is 0 Å². The first-order chi connectivity index (χ1) is 9.53. The van der Waals surface area contributed by atoms with Crippen LogP contribution in [0.1, 0.15) is 45.7 Å². The molecule has 0 spiro atoms. The van der Waals surface area contributed by atoms with Gasteiger partial charge in [-0.15, -0.1) is 11.3 Å². The van der Waals surface area contributed by atoms with Crippen molar-refractivity contribution in [3.63, 3.8) is 0 Å². The second-order valence-electron chi connectivity index (χ2n) is 6.85. The van der Waals surface area contributed by atoms with Gasteiger partial charge in [-0.25, -0.2) is 4.98 Å². The van der Waals surface area contributed by atoms with Gasteiger partial charge in [0.05, 0.1) is 11.2 Å². The average Bonchev–Trinajstić information content (AvgIpc) is 2.86. The van der Waals surface area contributed by atoms with E-state index < -0.39 is 0 Å². The second kappa shape index (κ2) is 7.01. The molecule has 0 bridgehead atoms. The van der Waals surface area contributed by atoms with Crippen molar-refractivity contribution in [2.45, 2.75) is 52.6 Å². The molecule has 0 amide bonds. The van der Waals surface area contributed by atoms with Crippen molar-refractivity contribution in [1.29, 1.82) is 0 Å². The lowest BCUT2D eigenvalue weighted by molar-refractivity contribution is 0.0846. The molecule has 1 aromatic heterocycles. The summed E-state index contributed by atoms with van der Waals surface area (Å²) in [5.41, 5.74) is 3.54. The Kier molecular flexibility index (Phi) is 5.58. The summed E-state index contributed by atoms with van der Waals surface area (Å²) in [6, 6.07) is 0.638. The zero-order valence-electron chi connectivity index (χ0n) is 13.4. The highest BCUT2D eigenvalue weighted by atomic mass is 32.1. The lowest BCUT2D eigenvalue weighted by atomic mass is 9.67. The molecule has 1 saturated carbocycles. The first-order valence-corrected chi connectivity index (χ1v) is 8.76. The zero-order chi connectivity index (χ0) is 14.6. The van der Waals surface area contributed by atoms with E-state index in [1.807, 2.05) is 5.51 Å². The fourth-order valence-electron chi connectivity index (χ4n) is 3.70. The Morgan fingerprint density at radius 2 is 2.30 bits per heavy atom. The minimum Gasteiger partial charge on any atom is -0.313 e. The van der Waals surface area contributed by atoms with Crippen molar-refractivity contribution < 1.29 is 0 Å². The summed E-state index contributed by atoms with van der Waals surface area (Å²) in [7, 11) is 2.23. The Morgan fingerprint density at radius 1 is 1.50 bits per heavy atom. The molecule has 4 heteroatoms. The van der Waals surface area contributed by atoms with E-state index in [4.69, 9.17) is 0 Å². The summed E-state index contributed by atoms with van der Waals surface area (Å²) < 4.78 is 0. The lowest BCUT2D eigenvalue weighted by Gasteiger charge is -2.45. The van der Waals surface area contributed by atoms with E-state index in [2.05, 4.69) is 48.4 Å². The highest BCUT2D eigenvalue weighted by Gasteiger charge is 2.38. The van der Waals surface area contributed by atoms with Crippen molar-refractivity contribution >= 4 is 11.3 Å². The van der Waals surface area contributed by atoms with Gasteiger partial charge in [0, 0.05) is 24.5 Å². The molecule has 2 unspecified atom stereocenters. The van der Waals surface area contributed by atoms with Crippen LogP contribution >= 0.6 is 11.3 Å². The summed E-state index contributed by atoms with van der Waals surface area (Å²) in [4.78, 5) is 6.83. The van der Waals surface area contributed by atoms with Gasteiger partial charge in [-0.1, -0.05) is 27.2 Å². The van der Waals surface area contributed by atoms with Crippen LogP contribution in [0.3, 0.4) is 0 Å². The molecule has 1 aliphatic carbocycles. The van der Waals surface area contributed by atoms with Crippen LogP contribution < -0.4 is 5.32 Å². The molecule has 20 heavy (non-hydrogen) atoms. The molecule has 1 aliphatic rings. The third-order valence-electron chi connectivity index (χ3n) is 4.59. The zero-order valence-corrected chi connectivity index (χ0v) is 14.2. The fourth-order valence-corrected chi connectivity index (χ4v) is 4.25. The summed E-state index contributed by atoms with van der Waals surface area (Å²) >= 11 is 1.69. The predicted octanol–water partition coefficient (Wildman–Crippen LogP) is 3.38. The molecule has 2 rings (SSSR count). The number of hydrogen-bond acceptors (Lipinski definition) is 4. The molecule has 0 radical (unpaired) electrons. The standard InChI is InChI=1S/C16H29N3S/c1-5-17-15-13(7-6-8-16(15,2)3)9-19(4)10-14-11-20-12-18-14/h11-13,15,17H,5-10H2,1-4H3. The summed E-state index contributed by atoms with van der Waals surface area (Å²) in [6.07, 6.45) is 4.06. The third-order valence-corrected chi connectivity index (χ3v) is 5.23. The van der Waals surface area contributed by atoms with E-state index in [1.165, 1.54) is 31.5 Å². The van der Waals surface area contributed by atoms with Crippen molar-refractivity contribution in [2.75, 3.05) is 20.1 Å². The van der Waals surface area contributed by atoms with Gasteiger partial charge in [-0.2, -0.15) is 0 Å². The molecular weight excluding hydrogens is 266 g/mol. The molecule has 0 aromatic carbocycles. The quantitative estimate of drug-likeness (QED) is 0.872. The van der Waals surface area contributed by atoms with Crippen LogP contribution in [-0.4, -0.2) is 36.1 Å². The van der Waals surface area contributed by atoms with Crippen LogP contribution in [0.5, 0.6) is 0 Å². The van der Waals surface area contributed by atoms with Crippen molar-refractivity contribution in [1.82, 2.24) is 15.2 Å². The van der Waals surface area contributed by atoms with Crippen molar-refractivity contribution in [3.05, 3.63) is 16.6 Å². The van der Waals surface area contributed by atoms with Gasteiger partial charge in [-0.05, 0) is 37.8 Å². The van der Waals surface area contributed by atoms with E-state index >= 15 is 0 Å². The molecule has 2 atom stereocenters. The van der Waals surface area contributed by atoms with Gasteiger partial charge in [0.1, 0.15) is 0 Å². The van der Waals surface area contributed by atoms with Crippen LogP contribution in [-0.2, 0) is 6.54 Å². The first-order valence-electron chi connectivity index (χ1n) is 7.82. The Bertz CT molecular complexity index is 388. The molecule has 0 aliphatic heterocycles. The Balaban J connectivity index is 1.95. The minimum atomic E-state index is 0.417. The molecule has 1 fully saturated rings. The van der Waals surface area contributed by atoms with Crippen LogP contribution in [0.15, 0.2) is 10.9 Å². The van der Waals surface area contributed by atoms with E-state index in [9.17, 15) is 0 Å². The second-order valence-corrected chi connectivity index (χ2v) is 7.57. The monoisotopic (exact) mass is 295 g/mol. The Morgan fingerprint density at radius 3 is 2.95 bits per heavy atom. The maximum atomic E-state index is 4.39. The number of rotatable bonds is 6. The molecule has 114 valence electrons.